The summed E-state index contributed by atoms with van der Waals surface area (Å²) in [4.78, 5) is 4.54. The van der Waals surface area contributed by atoms with Crippen LogP contribution in [0, 0.1) is 0 Å². The maximum Gasteiger partial charge on any atom is 0.128 e. The Morgan fingerprint density at radius 1 is 1.50 bits per heavy atom. The largest absolute Gasteiger partial charge is 0.376 e. The maximum atomic E-state index is 5.94. The van der Waals surface area contributed by atoms with Crippen LogP contribution >= 0.6 is 0 Å². The summed E-state index contributed by atoms with van der Waals surface area (Å²) < 4.78 is 8.16. The Morgan fingerprint density at radius 3 is 3.06 bits per heavy atom. The Kier molecular flexibility index (Phi) is 5.20. The van der Waals surface area contributed by atoms with Crippen molar-refractivity contribution >= 4 is 0 Å². The number of nitrogens with zero attached hydrogens (tertiary/aromatic N) is 2. The van der Waals surface area contributed by atoms with Crippen LogP contribution in [0.3, 0.4) is 0 Å². The van der Waals surface area contributed by atoms with Gasteiger partial charge in [-0.1, -0.05) is 6.92 Å². The van der Waals surface area contributed by atoms with Gasteiger partial charge in [0.1, 0.15) is 5.82 Å². The number of aromatic nitrogens is 2. The predicted molar refractivity (Wildman–Crippen MR) is 72.5 cm³/mol. The SMILES string of the molecule is CCCNC(c1nccn1CC)C1CCCCO1. The van der Waals surface area contributed by atoms with E-state index in [1.807, 2.05) is 6.20 Å². The second kappa shape index (κ2) is 6.90. The Hall–Kier alpha value is -0.870. The molecule has 1 aliphatic heterocycles. The van der Waals surface area contributed by atoms with Gasteiger partial charge in [-0.3, -0.25) is 0 Å². The van der Waals surface area contributed by atoms with Gasteiger partial charge < -0.3 is 14.6 Å². The summed E-state index contributed by atoms with van der Waals surface area (Å²) in [5.74, 6) is 1.12. The number of imidazole rings is 1. The van der Waals surface area contributed by atoms with Crippen molar-refractivity contribution < 1.29 is 4.74 Å². The molecule has 0 bridgehead atoms. The van der Waals surface area contributed by atoms with E-state index in [-0.39, 0.29) is 12.1 Å². The van der Waals surface area contributed by atoms with Gasteiger partial charge in [0, 0.05) is 25.5 Å². The summed E-state index contributed by atoms with van der Waals surface area (Å²) in [6.07, 6.45) is 8.95. The molecular weight excluding hydrogens is 226 g/mol. The highest BCUT2D eigenvalue weighted by atomic mass is 16.5. The fourth-order valence-corrected chi connectivity index (χ4v) is 2.58. The van der Waals surface area contributed by atoms with E-state index in [0.29, 0.717) is 0 Å². The molecule has 18 heavy (non-hydrogen) atoms. The molecule has 0 saturated carbocycles. The van der Waals surface area contributed by atoms with Crippen molar-refractivity contribution in [2.75, 3.05) is 13.2 Å². The van der Waals surface area contributed by atoms with Crippen LogP contribution in [0.5, 0.6) is 0 Å². The molecule has 0 aliphatic carbocycles. The maximum absolute atomic E-state index is 5.94. The molecular formula is C14H25N3O. The molecule has 1 fully saturated rings. The van der Waals surface area contributed by atoms with E-state index in [4.69, 9.17) is 4.74 Å². The molecule has 0 radical (unpaired) electrons. The third-order valence-corrected chi connectivity index (χ3v) is 3.57. The first-order chi connectivity index (χ1) is 8.86. The lowest BCUT2D eigenvalue weighted by molar-refractivity contribution is -0.0107. The van der Waals surface area contributed by atoms with Crippen molar-refractivity contribution in [3.63, 3.8) is 0 Å². The first-order valence-electron chi connectivity index (χ1n) is 7.22. The smallest absolute Gasteiger partial charge is 0.128 e. The van der Waals surface area contributed by atoms with Crippen LogP contribution in [-0.2, 0) is 11.3 Å². The van der Waals surface area contributed by atoms with E-state index in [1.165, 1.54) is 12.8 Å². The van der Waals surface area contributed by atoms with Crippen LogP contribution in [-0.4, -0.2) is 28.8 Å². The zero-order chi connectivity index (χ0) is 12.8. The topological polar surface area (TPSA) is 39.1 Å². The Morgan fingerprint density at radius 2 is 2.39 bits per heavy atom. The number of hydrogen-bond acceptors (Lipinski definition) is 3. The lowest BCUT2D eigenvalue weighted by atomic mass is 10.0. The first-order valence-corrected chi connectivity index (χ1v) is 7.22. The molecule has 2 unspecified atom stereocenters. The standard InChI is InChI=1S/C14H25N3O/c1-3-8-15-13(12-7-5-6-11-18-12)14-16-9-10-17(14)4-2/h9-10,12-13,15H,3-8,11H2,1-2H3. The van der Waals surface area contributed by atoms with Crippen molar-refractivity contribution in [2.24, 2.45) is 0 Å². The first kappa shape index (κ1) is 13.6. The van der Waals surface area contributed by atoms with Crippen LogP contribution in [0.25, 0.3) is 0 Å². The molecule has 102 valence electrons. The van der Waals surface area contributed by atoms with Crippen LogP contribution in [0.15, 0.2) is 12.4 Å². The highest BCUT2D eigenvalue weighted by Crippen LogP contribution is 2.25. The zero-order valence-electron chi connectivity index (χ0n) is 11.6. The molecule has 2 atom stereocenters. The zero-order valence-corrected chi connectivity index (χ0v) is 11.6. The summed E-state index contributed by atoms with van der Waals surface area (Å²) in [6.45, 7) is 7.22. The molecule has 1 saturated heterocycles. The van der Waals surface area contributed by atoms with Crippen LogP contribution in [0.1, 0.15) is 51.4 Å². The van der Waals surface area contributed by atoms with E-state index >= 15 is 0 Å². The molecule has 0 spiro atoms. The monoisotopic (exact) mass is 251 g/mol. The normalized spacial score (nSPS) is 22.0. The van der Waals surface area contributed by atoms with Crippen molar-refractivity contribution in [2.45, 2.75) is 58.2 Å². The van der Waals surface area contributed by atoms with Crippen LogP contribution < -0.4 is 5.32 Å². The highest BCUT2D eigenvalue weighted by molar-refractivity contribution is 5.03. The van der Waals surface area contributed by atoms with Gasteiger partial charge in [0.05, 0.1) is 12.1 Å². The van der Waals surface area contributed by atoms with Gasteiger partial charge >= 0.3 is 0 Å². The van der Waals surface area contributed by atoms with E-state index in [1.54, 1.807) is 0 Å². The molecule has 2 heterocycles. The Balaban J connectivity index is 2.12. The van der Waals surface area contributed by atoms with Crippen molar-refractivity contribution in [1.82, 2.24) is 14.9 Å². The second-order valence-corrected chi connectivity index (χ2v) is 4.91. The summed E-state index contributed by atoms with van der Waals surface area (Å²) in [7, 11) is 0. The second-order valence-electron chi connectivity index (χ2n) is 4.91. The van der Waals surface area contributed by atoms with E-state index in [2.05, 4.69) is 34.9 Å². The molecule has 1 N–H and O–H groups in total. The third kappa shape index (κ3) is 3.12. The van der Waals surface area contributed by atoms with Gasteiger partial charge in [-0.2, -0.15) is 0 Å². The number of hydrogen-bond donors (Lipinski definition) is 1. The number of aryl methyl sites for hydroxylation is 1. The van der Waals surface area contributed by atoms with Gasteiger partial charge in [-0.15, -0.1) is 0 Å². The van der Waals surface area contributed by atoms with Crippen LogP contribution in [0.4, 0.5) is 0 Å². The average molecular weight is 251 g/mol. The highest BCUT2D eigenvalue weighted by Gasteiger charge is 2.28. The number of nitrogens with one attached hydrogen (secondary N) is 1. The molecule has 0 amide bonds. The van der Waals surface area contributed by atoms with Gasteiger partial charge in [0.25, 0.3) is 0 Å². The van der Waals surface area contributed by atoms with E-state index in [9.17, 15) is 0 Å². The van der Waals surface area contributed by atoms with Crippen molar-refractivity contribution in [3.8, 4) is 0 Å². The van der Waals surface area contributed by atoms with Gasteiger partial charge in [-0.25, -0.2) is 4.98 Å². The molecule has 2 rings (SSSR count). The molecule has 1 aliphatic rings. The van der Waals surface area contributed by atoms with Gasteiger partial charge in [-0.05, 0) is 39.2 Å². The summed E-state index contributed by atoms with van der Waals surface area (Å²) in [6, 6.07) is 0.236. The third-order valence-electron chi connectivity index (χ3n) is 3.57. The number of ether oxygens (including phenoxy) is 1. The van der Waals surface area contributed by atoms with E-state index in [0.717, 1.165) is 38.4 Å². The molecule has 1 aromatic heterocycles. The minimum Gasteiger partial charge on any atom is -0.376 e. The average Bonchev–Trinajstić information content (AvgIpc) is 2.89. The fraction of sp³-hybridized carbons (Fsp3) is 0.786. The molecule has 4 heteroatoms. The summed E-state index contributed by atoms with van der Waals surface area (Å²) in [5, 5.41) is 3.61. The molecule has 4 nitrogen and oxygen atoms in total. The minimum absolute atomic E-state index is 0.236. The summed E-state index contributed by atoms with van der Waals surface area (Å²) >= 11 is 0. The van der Waals surface area contributed by atoms with Crippen molar-refractivity contribution in [1.29, 1.82) is 0 Å². The Labute approximate surface area is 110 Å². The quantitative estimate of drug-likeness (QED) is 0.844. The molecule has 1 aromatic rings. The lowest BCUT2D eigenvalue weighted by Gasteiger charge is -2.31. The van der Waals surface area contributed by atoms with Crippen molar-refractivity contribution in [3.05, 3.63) is 18.2 Å². The van der Waals surface area contributed by atoms with Crippen LogP contribution in [0.2, 0.25) is 0 Å². The molecule has 0 aromatic carbocycles. The lowest BCUT2D eigenvalue weighted by Crippen LogP contribution is -2.38. The summed E-state index contributed by atoms with van der Waals surface area (Å²) in [5.41, 5.74) is 0. The van der Waals surface area contributed by atoms with Gasteiger partial charge in [0.2, 0.25) is 0 Å². The Bertz CT molecular complexity index is 345. The predicted octanol–water partition coefficient (Wildman–Crippen LogP) is 2.51. The van der Waals surface area contributed by atoms with E-state index < -0.39 is 0 Å². The number of rotatable bonds is 6. The van der Waals surface area contributed by atoms with Gasteiger partial charge in [0.15, 0.2) is 0 Å². The fourth-order valence-electron chi connectivity index (χ4n) is 2.58. The minimum atomic E-state index is 0.236.